The van der Waals surface area contributed by atoms with Gasteiger partial charge >= 0.3 is 0 Å². The molecule has 52 valence electrons. The van der Waals surface area contributed by atoms with Crippen molar-refractivity contribution >= 4 is 0 Å². The summed E-state index contributed by atoms with van der Waals surface area (Å²) in [6, 6.07) is 0.766. The number of nitrogens with one attached hydrogen (secondary N) is 1. The Bertz CT molecular complexity index is 101. The minimum atomic E-state index is 0.766. The number of rotatable bonds is 0. The lowest BCUT2D eigenvalue weighted by Crippen LogP contribution is -2.27. The van der Waals surface area contributed by atoms with Crippen molar-refractivity contribution in [3.05, 3.63) is 7.05 Å². The van der Waals surface area contributed by atoms with Gasteiger partial charge in [0.15, 0.2) is 0 Å². The van der Waals surface area contributed by atoms with Crippen LogP contribution in [0, 0.1) is 13.0 Å². The van der Waals surface area contributed by atoms with E-state index in [1.165, 1.54) is 19.5 Å². The van der Waals surface area contributed by atoms with E-state index in [1.807, 2.05) is 0 Å². The highest BCUT2D eigenvalue weighted by atomic mass is 15.2. The summed E-state index contributed by atoms with van der Waals surface area (Å²) in [5.41, 5.74) is 0. The van der Waals surface area contributed by atoms with Crippen LogP contribution in [-0.2, 0) is 0 Å². The molecule has 0 amide bonds. The van der Waals surface area contributed by atoms with Crippen LogP contribution < -0.4 is 5.32 Å². The van der Waals surface area contributed by atoms with Gasteiger partial charge in [0.1, 0.15) is 0 Å². The molecular weight excluding hydrogens is 112 g/mol. The molecule has 2 atom stereocenters. The normalized spacial score (nSPS) is 43.7. The summed E-state index contributed by atoms with van der Waals surface area (Å²) in [7, 11) is 3.91. The van der Waals surface area contributed by atoms with Crippen LogP contribution in [0.25, 0.3) is 0 Å². The molecule has 1 N–H and O–H groups in total. The number of likely N-dealkylation sites (tertiary alicyclic amines) is 1. The van der Waals surface area contributed by atoms with Gasteiger partial charge in [-0.05, 0) is 32.0 Å². The molecule has 0 aromatic rings. The van der Waals surface area contributed by atoms with E-state index in [0.29, 0.717) is 0 Å². The SMILES string of the molecule is [CH2-]N1C[C@H]2CCN[C@H]2C1. The minimum absolute atomic E-state index is 0.766. The van der Waals surface area contributed by atoms with E-state index in [-0.39, 0.29) is 0 Å². The van der Waals surface area contributed by atoms with Crippen LogP contribution in [-0.4, -0.2) is 30.6 Å². The van der Waals surface area contributed by atoms with Gasteiger partial charge in [-0.15, -0.1) is 0 Å². The summed E-state index contributed by atoms with van der Waals surface area (Å²) in [5.74, 6) is 0.905. The molecule has 2 nitrogen and oxygen atoms in total. The smallest absolute Gasteiger partial charge is 0.0210 e. The maximum absolute atomic E-state index is 3.91. The van der Waals surface area contributed by atoms with Gasteiger partial charge in [0, 0.05) is 6.04 Å². The van der Waals surface area contributed by atoms with E-state index in [2.05, 4.69) is 17.3 Å². The van der Waals surface area contributed by atoms with Gasteiger partial charge in [0.05, 0.1) is 0 Å². The van der Waals surface area contributed by atoms with Crippen LogP contribution in [0.5, 0.6) is 0 Å². The lowest BCUT2D eigenvalue weighted by atomic mass is 10.1. The number of hydrogen-bond acceptors (Lipinski definition) is 2. The Morgan fingerprint density at radius 3 is 3.11 bits per heavy atom. The third kappa shape index (κ3) is 0.864. The zero-order valence-electron chi connectivity index (χ0n) is 5.64. The highest BCUT2D eigenvalue weighted by molar-refractivity contribution is 4.93. The van der Waals surface area contributed by atoms with Crippen LogP contribution in [0.3, 0.4) is 0 Å². The second-order valence-electron chi connectivity index (χ2n) is 3.15. The monoisotopic (exact) mass is 125 g/mol. The molecule has 9 heavy (non-hydrogen) atoms. The highest BCUT2D eigenvalue weighted by Gasteiger charge is 2.31. The van der Waals surface area contributed by atoms with Crippen molar-refractivity contribution < 1.29 is 0 Å². The first-order valence-electron chi connectivity index (χ1n) is 3.65. The fourth-order valence-electron chi connectivity index (χ4n) is 1.94. The molecule has 2 aliphatic heterocycles. The van der Waals surface area contributed by atoms with Crippen molar-refractivity contribution in [1.29, 1.82) is 0 Å². The first-order valence-corrected chi connectivity index (χ1v) is 3.65. The Morgan fingerprint density at radius 2 is 2.33 bits per heavy atom. The van der Waals surface area contributed by atoms with Crippen molar-refractivity contribution in [2.45, 2.75) is 12.5 Å². The molecule has 0 saturated carbocycles. The van der Waals surface area contributed by atoms with E-state index in [1.54, 1.807) is 0 Å². The average Bonchev–Trinajstić information content (AvgIpc) is 2.22. The Hall–Kier alpha value is -0.0800. The molecule has 2 aliphatic rings. The van der Waals surface area contributed by atoms with E-state index in [0.717, 1.165) is 18.5 Å². The van der Waals surface area contributed by atoms with Crippen LogP contribution in [0.2, 0.25) is 0 Å². The number of fused-ring (bicyclic) bond motifs is 1. The van der Waals surface area contributed by atoms with Crippen molar-refractivity contribution in [3.8, 4) is 0 Å². The molecule has 0 radical (unpaired) electrons. The third-order valence-corrected chi connectivity index (χ3v) is 2.44. The lowest BCUT2D eigenvalue weighted by molar-refractivity contribution is 0.420. The van der Waals surface area contributed by atoms with Gasteiger partial charge < -0.3 is 10.2 Å². The lowest BCUT2D eigenvalue weighted by Gasteiger charge is -2.17. The summed E-state index contributed by atoms with van der Waals surface area (Å²) >= 11 is 0. The topological polar surface area (TPSA) is 15.3 Å². The van der Waals surface area contributed by atoms with Gasteiger partial charge in [-0.1, -0.05) is 0 Å². The molecule has 2 fully saturated rings. The molecule has 0 spiro atoms. The first kappa shape index (κ1) is 5.69. The summed E-state index contributed by atoms with van der Waals surface area (Å²) in [6.07, 6.45) is 1.36. The zero-order chi connectivity index (χ0) is 6.27. The summed E-state index contributed by atoms with van der Waals surface area (Å²) in [6.45, 7) is 3.59. The average molecular weight is 125 g/mol. The first-order chi connectivity index (χ1) is 4.36. The fourth-order valence-corrected chi connectivity index (χ4v) is 1.94. The molecule has 0 unspecified atom stereocenters. The predicted molar refractivity (Wildman–Crippen MR) is 36.8 cm³/mol. The predicted octanol–water partition coefficient (Wildman–Crippen LogP) is 0.0717. The fraction of sp³-hybridized carbons (Fsp3) is 0.857. The summed E-state index contributed by atoms with van der Waals surface area (Å²) < 4.78 is 0. The molecule has 2 saturated heterocycles. The Balaban J connectivity index is 2.02. The molecule has 0 aromatic heterocycles. The molecule has 2 rings (SSSR count). The van der Waals surface area contributed by atoms with Gasteiger partial charge in [-0.3, -0.25) is 7.05 Å². The maximum Gasteiger partial charge on any atom is 0.0210 e. The van der Waals surface area contributed by atoms with Crippen LogP contribution >= 0.6 is 0 Å². The van der Waals surface area contributed by atoms with Crippen LogP contribution in [0.4, 0.5) is 0 Å². The third-order valence-electron chi connectivity index (χ3n) is 2.44. The summed E-state index contributed by atoms with van der Waals surface area (Å²) in [5, 5.41) is 3.47. The minimum Gasteiger partial charge on any atom is -0.458 e. The second kappa shape index (κ2) is 1.96. The molecule has 0 aromatic carbocycles. The van der Waals surface area contributed by atoms with E-state index in [4.69, 9.17) is 0 Å². The summed E-state index contributed by atoms with van der Waals surface area (Å²) in [4.78, 5) is 2.17. The Morgan fingerprint density at radius 1 is 1.44 bits per heavy atom. The maximum atomic E-state index is 3.91. The molecule has 2 heteroatoms. The van der Waals surface area contributed by atoms with Crippen LogP contribution in [0.15, 0.2) is 0 Å². The molecule has 0 bridgehead atoms. The van der Waals surface area contributed by atoms with Crippen molar-refractivity contribution in [2.75, 3.05) is 19.6 Å². The Labute approximate surface area is 56.2 Å². The quantitative estimate of drug-likeness (QED) is 0.461. The largest absolute Gasteiger partial charge is 0.458 e. The van der Waals surface area contributed by atoms with E-state index >= 15 is 0 Å². The highest BCUT2D eigenvalue weighted by Crippen LogP contribution is 2.23. The zero-order valence-corrected chi connectivity index (χ0v) is 5.64. The van der Waals surface area contributed by atoms with Gasteiger partial charge in [0.25, 0.3) is 0 Å². The van der Waals surface area contributed by atoms with Gasteiger partial charge in [-0.2, -0.15) is 0 Å². The van der Waals surface area contributed by atoms with Crippen LogP contribution in [0.1, 0.15) is 6.42 Å². The number of hydrogen-bond donors (Lipinski definition) is 1. The second-order valence-corrected chi connectivity index (χ2v) is 3.15. The molecular formula is C7H13N2-. The standard InChI is InChI=1S/C7H13N2/c1-9-4-6-2-3-8-7(6)5-9/h6-8H,1-5H2/q-1/t6-,7+/m1/s1. The van der Waals surface area contributed by atoms with Crippen molar-refractivity contribution in [3.63, 3.8) is 0 Å². The van der Waals surface area contributed by atoms with E-state index in [9.17, 15) is 0 Å². The van der Waals surface area contributed by atoms with Gasteiger partial charge in [0.2, 0.25) is 0 Å². The van der Waals surface area contributed by atoms with E-state index < -0.39 is 0 Å². The van der Waals surface area contributed by atoms with Crippen molar-refractivity contribution in [2.24, 2.45) is 5.92 Å². The Kier molecular flexibility index (Phi) is 1.24. The number of nitrogens with zero attached hydrogens (tertiary/aromatic N) is 1. The molecule has 2 heterocycles. The van der Waals surface area contributed by atoms with Gasteiger partial charge in [-0.25, -0.2) is 0 Å². The molecule has 0 aliphatic carbocycles. The van der Waals surface area contributed by atoms with Crippen molar-refractivity contribution in [1.82, 2.24) is 10.2 Å².